The number of rotatable bonds is 4. The largest absolute Gasteiger partial charge is 0.348 e. The normalized spacial score (nSPS) is 10.4. The predicted octanol–water partition coefficient (Wildman–Crippen LogP) is 1.73. The summed E-state index contributed by atoms with van der Waals surface area (Å²) in [5.41, 5.74) is 2.01. The highest BCUT2D eigenvalue weighted by Gasteiger charge is 2.07. The van der Waals surface area contributed by atoms with E-state index in [9.17, 15) is 9.18 Å². The maximum Gasteiger partial charge on any atom is 0.251 e. The zero-order valence-corrected chi connectivity index (χ0v) is 11.5. The number of halogens is 1. The third-order valence-electron chi connectivity index (χ3n) is 3.09. The molecule has 3 aromatic rings. The van der Waals surface area contributed by atoms with Crippen LogP contribution in [0.5, 0.6) is 0 Å². The van der Waals surface area contributed by atoms with Gasteiger partial charge in [0.05, 0.1) is 5.69 Å². The summed E-state index contributed by atoms with van der Waals surface area (Å²) in [6.07, 6.45) is 1.45. The van der Waals surface area contributed by atoms with Crippen LogP contribution in [0.25, 0.3) is 5.69 Å². The van der Waals surface area contributed by atoms with E-state index in [1.807, 2.05) is 0 Å². The van der Waals surface area contributed by atoms with Crippen LogP contribution in [0.3, 0.4) is 0 Å². The number of amides is 1. The van der Waals surface area contributed by atoms with Crippen molar-refractivity contribution >= 4 is 5.91 Å². The van der Waals surface area contributed by atoms with Crippen molar-refractivity contribution in [2.45, 2.75) is 6.54 Å². The van der Waals surface area contributed by atoms with Gasteiger partial charge in [0, 0.05) is 12.1 Å². The molecule has 0 saturated heterocycles. The Kier molecular flexibility index (Phi) is 3.86. The maximum atomic E-state index is 12.8. The molecule has 0 fully saturated rings. The van der Waals surface area contributed by atoms with Crippen LogP contribution in [0.2, 0.25) is 0 Å². The Hall–Kier alpha value is -3.09. The Balaban J connectivity index is 1.70. The molecule has 1 aromatic heterocycles. The molecule has 1 heterocycles. The maximum absolute atomic E-state index is 12.8. The number of carbonyl (C=O) groups excluding carboxylic acids is 1. The fraction of sp³-hybridized carbons (Fsp3) is 0.0667. The first-order valence-corrected chi connectivity index (χ1v) is 6.58. The first kappa shape index (κ1) is 13.9. The van der Waals surface area contributed by atoms with Crippen molar-refractivity contribution in [1.82, 2.24) is 25.5 Å². The van der Waals surface area contributed by atoms with Crippen molar-refractivity contribution in [3.63, 3.8) is 0 Å². The van der Waals surface area contributed by atoms with E-state index < -0.39 is 0 Å². The minimum absolute atomic E-state index is 0.223. The van der Waals surface area contributed by atoms with E-state index in [-0.39, 0.29) is 11.7 Å². The number of aromatic nitrogens is 4. The summed E-state index contributed by atoms with van der Waals surface area (Å²) in [6.45, 7) is 0.328. The first-order valence-electron chi connectivity index (χ1n) is 6.58. The van der Waals surface area contributed by atoms with Gasteiger partial charge in [0.15, 0.2) is 0 Å². The Morgan fingerprint density at radius 1 is 1.18 bits per heavy atom. The van der Waals surface area contributed by atoms with Gasteiger partial charge in [0.25, 0.3) is 5.91 Å². The third kappa shape index (κ3) is 3.14. The van der Waals surface area contributed by atoms with Crippen LogP contribution in [-0.4, -0.2) is 26.1 Å². The van der Waals surface area contributed by atoms with Gasteiger partial charge in [-0.25, -0.2) is 9.07 Å². The molecule has 0 aliphatic rings. The number of benzene rings is 2. The molecular weight excluding hydrogens is 285 g/mol. The van der Waals surface area contributed by atoms with Crippen molar-refractivity contribution in [1.29, 1.82) is 0 Å². The van der Waals surface area contributed by atoms with Crippen LogP contribution in [0.4, 0.5) is 4.39 Å². The highest BCUT2D eigenvalue weighted by atomic mass is 19.1. The summed E-state index contributed by atoms with van der Waals surface area (Å²) >= 11 is 0. The van der Waals surface area contributed by atoms with E-state index in [4.69, 9.17) is 0 Å². The molecule has 0 unspecified atom stereocenters. The van der Waals surface area contributed by atoms with Gasteiger partial charge in [-0.1, -0.05) is 18.2 Å². The van der Waals surface area contributed by atoms with Crippen LogP contribution in [0.1, 0.15) is 15.9 Å². The topological polar surface area (TPSA) is 72.7 Å². The van der Waals surface area contributed by atoms with Crippen LogP contribution in [0.15, 0.2) is 54.9 Å². The van der Waals surface area contributed by atoms with E-state index in [2.05, 4.69) is 20.8 Å². The summed E-state index contributed by atoms with van der Waals surface area (Å²) in [5, 5.41) is 13.7. The second-order valence-electron chi connectivity index (χ2n) is 4.61. The molecule has 0 spiro atoms. The van der Waals surface area contributed by atoms with Crippen molar-refractivity contribution in [3.05, 3.63) is 71.8 Å². The number of hydrogen-bond acceptors (Lipinski definition) is 4. The van der Waals surface area contributed by atoms with Gasteiger partial charge in [-0.15, -0.1) is 5.10 Å². The summed E-state index contributed by atoms with van der Waals surface area (Å²) in [7, 11) is 0. The monoisotopic (exact) mass is 297 g/mol. The fourth-order valence-electron chi connectivity index (χ4n) is 1.96. The van der Waals surface area contributed by atoms with Gasteiger partial charge >= 0.3 is 0 Å². The molecule has 110 valence electrons. The van der Waals surface area contributed by atoms with Crippen LogP contribution in [0, 0.1) is 5.82 Å². The van der Waals surface area contributed by atoms with Crippen molar-refractivity contribution in [2.75, 3.05) is 0 Å². The molecule has 0 bridgehead atoms. The second-order valence-corrected chi connectivity index (χ2v) is 4.61. The molecule has 0 aliphatic carbocycles. The molecular formula is C15H12FN5O. The van der Waals surface area contributed by atoms with E-state index in [1.54, 1.807) is 36.4 Å². The smallest absolute Gasteiger partial charge is 0.251 e. The summed E-state index contributed by atoms with van der Waals surface area (Å²) < 4.78 is 14.3. The number of nitrogens with one attached hydrogen (secondary N) is 1. The molecule has 2 aromatic carbocycles. The standard InChI is InChI=1S/C15H12FN5O/c16-13-6-4-11(5-7-13)9-17-15(22)12-2-1-3-14(8-12)21-10-18-19-20-21/h1-8,10H,9H2,(H,17,22). The molecule has 22 heavy (non-hydrogen) atoms. The Morgan fingerprint density at radius 3 is 2.73 bits per heavy atom. The molecule has 0 atom stereocenters. The van der Waals surface area contributed by atoms with E-state index >= 15 is 0 Å². The lowest BCUT2D eigenvalue weighted by atomic mass is 10.1. The molecule has 6 nitrogen and oxygen atoms in total. The van der Waals surface area contributed by atoms with Gasteiger partial charge < -0.3 is 5.32 Å². The quantitative estimate of drug-likeness (QED) is 0.796. The molecule has 1 amide bonds. The van der Waals surface area contributed by atoms with Crippen LogP contribution in [-0.2, 0) is 6.54 Å². The molecule has 0 saturated carbocycles. The second kappa shape index (κ2) is 6.13. The van der Waals surface area contributed by atoms with Gasteiger partial charge in [-0.05, 0) is 46.3 Å². The molecule has 7 heteroatoms. The number of tetrazole rings is 1. The zero-order chi connectivity index (χ0) is 15.4. The van der Waals surface area contributed by atoms with Crippen molar-refractivity contribution < 1.29 is 9.18 Å². The summed E-state index contributed by atoms with van der Waals surface area (Å²) in [5.74, 6) is -0.525. The van der Waals surface area contributed by atoms with Crippen molar-refractivity contribution in [3.8, 4) is 5.69 Å². The Labute approximate surface area is 125 Å². The third-order valence-corrected chi connectivity index (χ3v) is 3.09. The minimum Gasteiger partial charge on any atom is -0.348 e. The molecule has 0 radical (unpaired) electrons. The number of hydrogen-bond donors (Lipinski definition) is 1. The van der Waals surface area contributed by atoms with E-state index in [1.165, 1.54) is 23.1 Å². The SMILES string of the molecule is O=C(NCc1ccc(F)cc1)c1cccc(-n2cnnn2)c1. The van der Waals surface area contributed by atoms with Gasteiger partial charge in [0.1, 0.15) is 12.1 Å². The van der Waals surface area contributed by atoms with Crippen LogP contribution < -0.4 is 5.32 Å². The number of nitrogens with zero attached hydrogens (tertiary/aromatic N) is 4. The highest BCUT2D eigenvalue weighted by molar-refractivity contribution is 5.94. The van der Waals surface area contributed by atoms with Gasteiger partial charge in [-0.3, -0.25) is 4.79 Å². The first-order chi connectivity index (χ1) is 10.7. The Bertz CT molecular complexity index is 771. The lowest BCUT2D eigenvalue weighted by Gasteiger charge is -2.07. The molecule has 1 N–H and O–H groups in total. The molecule has 3 rings (SSSR count). The number of carbonyl (C=O) groups is 1. The zero-order valence-electron chi connectivity index (χ0n) is 11.5. The average molecular weight is 297 g/mol. The lowest BCUT2D eigenvalue weighted by Crippen LogP contribution is -2.22. The van der Waals surface area contributed by atoms with E-state index in [0.717, 1.165) is 5.56 Å². The highest BCUT2D eigenvalue weighted by Crippen LogP contribution is 2.09. The van der Waals surface area contributed by atoms with Gasteiger partial charge in [-0.2, -0.15) is 0 Å². The predicted molar refractivity (Wildman–Crippen MR) is 76.7 cm³/mol. The van der Waals surface area contributed by atoms with Gasteiger partial charge in [0.2, 0.25) is 0 Å². The van der Waals surface area contributed by atoms with E-state index in [0.29, 0.717) is 17.8 Å². The Morgan fingerprint density at radius 2 is 2.00 bits per heavy atom. The summed E-state index contributed by atoms with van der Waals surface area (Å²) in [6, 6.07) is 12.9. The molecule has 0 aliphatic heterocycles. The van der Waals surface area contributed by atoms with Crippen LogP contribution >= 0.6 is 0 Å². The average Bonchev–Trinajstić information content (AvgIpc) is 3.09. The fourth-order valence-corrected chi connectivity index (χ4v) is 1.96. The summed E-state index contributed by atoms with van der Waals surface area (Å²) in [4.78, 5) is 12.2. The van der Waals surface area contributed by atoms with Crippen molar-refractivity contribution in [2.24, 2.45) is 0 Å². The lowest BCUT2D eigenvalue weighted by molar-refractivity contribution is 0.0951. The minimum atomic E-state index is -0.302.